The zero-order chi connectivity index (χ0) is 12.3. The van der Waals surface area contributed by atoms with Crippen LogP contribution >= 0.6 is 0 Å². The Kier molecular flexibility index (Phi) is 3.24. The number of benzene rings is 1. The Morgan fingerprint density at radius 1 is 1.53 bits per heavy atom. The molecule has 1 aliphatic heterocycles. The van der Waals surface area contributed by atoms with E-state index in [1.54, 1.807) is 6.07 Å². The molecule has 1 amide bonds. The summed E-state index contributed by atoms with van der Waals surface area (Å²) in [7, 11) is 0. The summed E-state index contributed by atoms with van der Waals surface area (Å²) in [5.74, 6) is -0.393. The number of nitriles is 1. The molecular formula is C12H12FN3O. The van der Waals surface area contributed by atoms with Crippen LogP contribution in [0.4, 0.5) is 10.1 Å². The van der Waals surface area contributed by atoms with E-state index in [4.69, 9.17) is 5.26 Å². The smallest absolute Gasteiger partial charge is 0.220 e. The number of halogens is 1. The lowest BCUT2D eigenvalue weighted by Gasteiger charge is -2.12. The Bertz CT molecular complexity index is 481. The molecule has 4 nitrogen and oxygen atoms in total. The standard InChI is InChI=1S/C12H12FN3O/c13-9-3-8(6-14)4-11(5-9)15-7-10-1-2-12(17)16-10/h3-5,10,15H,1-2,7H2,(H,16,17). The molecule has 1 saturated heterocycles. The Morgan fingerprint density at radius 3 is 3.00 bits per heavy atom. The van der Waals surface area contributed by atoms with Crippen LogP contribution in [0.2, 0.25) is 0 Å². The van der Waals surface area contributed by atoms with Gasteiger partial charge in [0.2, 0.25) is 5.91 Å². The maximum Gasteiger partial charge on any atom is 0.220 e. The lowest BCUT2D eigenvalue weighted by atomic mass is 10.2. The van der Waals surface area contributed by atoms with Crippen molar-refractivity contribution in [3.63, 3.8) is 0 Å². The van der Waals surface area contributed by atoms with Crippen molar-refractivity contribution in [3.8, 4) is 6.07 Å². The lowest BCUT2D eigenvalue weighted by molar-refractivity contribution is -0.119. The van der Waals surface area contributed by atoms with Crippen molar-refractivity contribution in [1.82, 2.24) is 5.32 Å². The van der Waals surface area contributed by atoms with Gasteiger partial charge in [0.15, 0.2) is 0 Å². The van der Waals surface area contributed by atoms with Crippen LogP contribution in [-0.2, 0) is 4.79 Å². The van der Waals surface area contributed by atoms with Crippen molar-refractivity contribution in [2.75, 3.05) is 11.9 Å². The molecule has 0 saturated carbocycles. The molecule has 1 aromatic carbocycles. The minimum Gasteiger partial charge on any atom is -0.383 e. The maximum absolute atomic E-state index is 13.1. The molecule has 1 unspecified atom stereocenters. The van der Waals surface area contributed by atoms with Gasteiger partial charge in [-0.2, -0.15) is 5.26 Å². The van der Waals surface area contributed by atoms with E-state index in [0.29, 0.717) is 18.7 Å². The Balaban J connectivity index is 1.97. The fraction of sp³-hybridized carbons (Fsp3) is 0.333. The Hall–Kier alpha value is -2.09. The predicted octanol–water partition coefficient (Wildman–Crippen LogP) is 1.39. The number of hydrogen-bond acceptors (Lipinski definition) is 3. The highest BCUT2D eigenvalue weighted by Crippen LogP contribution is 2.14. The molecule has 1 aromatic rings. The van der Waals surface area contributed by atoms with Gasteiger partial charge in [0.25, 0.3) is 0 Å². The zero-order valence-electron chi connectivity index (χ0n) is 9.16. The summed E-state index contributed by atoms with van der Waals surface area (Å²) in [6, 6.07) is 6.07. The zero-order valence-corrected chi connectivity index (χ0v) is 9.16. The van der Waals surface area contributed by atoms with E-state index in [-0.39, 0.29) is 17.5 Å². The number of nitrogens with one attached hydrogen (secondary N) is 2. The molecule has 0 aromatic heterocycles. The summed E-state index contributed by atoms with van der Waals surface area (Å²) in [6.45, 7) is 0.542. The van der Waals surface area contributed by atoms with Crippen LogP contribution in [0, 0.1) is 17.1 Å². The quantitative estimate of drug-likeness (QED) is 0.829. The molecule has 2 N–H and O–H groups in total. The van der Waals surface area contributed by atoms with Crippen LogP contribution in [0.15, 0.2) is 18.2 Å². The van der Waals surface area contributed by atoms with E-state index in [2.05, 4.69) is 10.6 Å². The minimum atomic E-state index is -0.443. The number of rotatable bonds is 3. The second-order valence-electron chi connectivity index (χ2n) is 4.02. The number of anilines is 1. The average Bonchev–Trinajstić information content (AvgIpc) is 2.72. The van der Waals surface area contributed by atoms with Gasteiger partial charge >= 0.3 is 0 Å². The molecule has 0 bridgehead atoms. The summed E-state index contributed by atoms with van der Waals surface area (Å²) >= 11 is 0. The summed E-state index contributed by atoms with van der Waals surface area (Å²) in [4.78, 5) is 11.0. The van der Waals surface area contributed by atoms with Crippen molar-refractivity contribution in [1.29, 1.82) is 5.26 Å². The van der Waals surface area contributed by atoms with Gasteiger partial charge < -0.3 is 10.6 Å². The second kappa shape index (κ2) is 4.83. The molecule has 0 spiro atoms. The van der Waals surface area contributed by atoms with Crippen molar-refractivity contribution >= 4 is 11.6 Å². The molecule has 17 heavy (non-hydrogen) atoms. The molecule has 88 valence electrons. The number of nitrogens with zero attached hydrogens (tertiary/aromatic N) is 1. The first kappa shape index (κ1) is 11.4. The molecule has 1 fully saturated rings. The maximum atomic E-state index is 13.1. The molecular weight excluding hydrogens is 221 g/mol. The summed E-state index contributed by atoms with van der Waals surface area (Å²) in [5, 5.41) is 14.5. The number of carbonyl (C=O) groups is 1. The van der Waals surface area contributed by atoms with E-state index < -0.39 is 5.82 Å². The third-order valence-corrected chi connectivity index (χ3v) is 2.66. The number of amides is 1. The first-order valence-corrected chi connectivity index (χ1v) is 5.41. The van der Waals surface area contributed by atoms with Crippen LogP contribution in [0.1, 0.15) is 18.4 Å². The van der Waals surface area contributed by atoms with E-state index in [0.717, 1.165) is 6.42 Å². The van der Waals surface area contributed by atoms with E-state index in [9.17, 15) is 9.18 Å². The van der Waals surface area contributed by atoms with Crippen molar-refractivity contribution < 1.29 is 9.18 Å². The first-order chi connectivity index (χ1) is 8.17. The summed E-state index contributed by atoms with van der Waals surface area (Å²) < 4.78 is 13.1. The molecule has 5 heteroatoms. The largest absolute Gasteiger partial charge is 0.383 e. The van der Waals surface area contributed by atoms with Gasteiger partial charge in [0.05, 0.1) is 11.6 Å². The van der Waals surface area contributed by atoms with Gasteiger partial charge in [0.1, 0.15) is 5.82 Å². The van der Waals surface area contributed by atoms with Crippen molar-refractivity contribution in [3.05, 3.63) is 29.6 Å². The monoisotopic (exact) mass is 233 g/mol. The number of carbonyl (C=O) groups excluding carboxylic acids is 1. The Morgan fingerprint density at radius 2 is 2.35 bits per heavy atom. The van der Waals surface area contributed by atoms with Gasteiger partial charge in [-0.15, -0.1) is 0 Å². The van der Waals surface area contributed by atoms with Gasteiger partial charge in [-0.05, 0) is 24.6 Å². The van der Waals surface area contributed by atoms with Crippen molar-refractivity contribution in [2.45, 2.75) is 18.9 Å². The van der Waals surface area contributed by atoms with E-state index >= 15 is 0 Å². The molecule has 1 aliphatic rings. The summed E-state index contributed by atoms with van der Waals surface area (Å²) in [5.41, 5.74) is 0.839. The van der Waals surface area contributed by atoms with Crippen LogP contribution < -0.4 is 10.6 Å². The molecule has 2 rings (SSSR count). The minimum absolute atomic E-state index is 0.0498. The summed E-state index contributed by atoms with van der Waals surface area (Å²) in [6.07, 6.45) is 1.32. The first-order valence-electron chi connectivity index (χ1n) is 5.41. The van der Waals surface area contributed by atoms with Crippen molar-refractivity contribution in [2.24, 2.45) is 0 Å². The normalized spacial score (nSPS) is 18.6. The fourth-order valence-electron chi connectivity index (χ4n) is 1.83. The lowest BCUT2D eigenvalue weighted by Crippen LogP contribution is -2.31. The van der Waals surface area contributed by atoms with Crippen LogP contribution in [-0.4, -0.2) is 18.5 Å². The Labute approximate surface area is 98.4 Å². The third kappa shape index (κ3) is 2.94. The fourth-order valence-corrected chi connectivity index (χ4v) is 1.83. The van der Waals surface area contributed by atoms with Gasteiger partial charge in [-0.25, -0.2) is 4.39 Å². The topological polar surface area (TPSA) is 64.9 Å². The predicted molar refractivity (Wildman–Crippen MR) is 60.8 cm³/mol. The second-order valence-corrected chi connectivity index (χ2v) is 4.02. The van der Waals surface area contributed by atoms with Gasteiger partial charge in [-0.1, -0.05) is 0 Å². The SMILES string of the molecule is N#Cc1cc(F)cc(NCC2CCC(=O)N2)c1. The van der Waals surface area contributed by atoms with Gasteiger partial charge in [0, 0.05) is 24.7 Å². The molecule has 1 atom stereocenters. The van der Waals surface area contributed by atoms with E-state index in [1.807, 2.05) is 6.07 Å². The van der Waals surface area contributed by atoms with Crippen LogP contribution in [0.3, 0.4) is 0 Å². The molecule has 0 aliphatic carbocycles. The highest BCUT2D eigenvalue weighted by Gasteiger charge is 2.20. The average molecular weight is 233 g/mol. The van der Waals surface area contributed by atoms with Crippen LogP contribution in [0.25, 0.3) is 0 Å². The third-order valence-electron chi connectivity index (χ3n) is 2.66. The highest BCUT2D eigenvalue weighted by molar-refractivity contribution is 5.78. The highest BCUT2D eigenvalue weighted by atomic mass is 19.1. The van der Waals surface area contributed by atoms with Crippen LogP contribution in [0.5, 0.6) is 0 Å². The molecule has 1 heterocycles. The van der Waals surface area contributed by atoms with E-state index in [1.165, 1.54) is 12.1 Å². The molecule has 0 radical (unpaired) electrons. The van der Waals surface area contributed by atoms with Gasteiger partial charge in [-0.3, -0.25) is 4.79 Å². The number of hydrogen-bond donors (Lipinski definition) is 2.